The number of ether oxygens (including phenoxy) is 3. The van der Waals surface area contributed by atoms with E-state index in [9.17, 15) is 61.3 Å². The number of nitrogens with zero attached hydrogens (tertiary/aromatic N) is 4. The lowest BCUT2D eigenvalue weighted by atomic mass is 10.0. The molecule has 0 atom stereocenters. The molecule has 6 N–H and O–H groups in total. The summed E-state index contributed by atoms with van der Waals surface area (Å²) >= 11 is 12.1. The number of anilines is 6. The number of carbonyl (C=O) groups is 4. The van der Waals surface area contributed by atoms with E-state index in [0.717, 1.165) is 16.8 Å². The van der Waals surface area contributed by atoms with Crippen molar-refractivity contribution in [2.24, 2.45) is 0 Å². The van der Waals surface area contributed by atoms with Gasteiger partial charge in [-0.3, -0.25) is 62.7 Å². The van der Waals surface area contributed by atoms with Crippen molar-refractivity contribution in [2.75, 3.05) is 28.9 Å². The zero-order valence-electron chi connectivity index (χ0n) is 77.0. The molecule has 4 aromatic heterocycles. The molecule has 0 aliphatic carbocycles. The van der Waals surface area contributed by atoms with Gasteiger partial charge in [-0.05, 0) is 228 Å². The third-order valence-corrected chi connectivity index (χ3v) is 27.3. The summed E-state index contributed by atoms with van der Waals surface area (Å²) in [5.41, 5.74) is 6.32. The van der Waals surface area contributed by atoms with Gasteiger partial charge in [-0.1, -0.05) is 219 Å². The third kappa shape index (κ3) is 32.1. The second-order valence-corrected chi connectivity index (χ2v) is 41.5. The van der Waals surface area contributed by atoms with Crippen molar-refractivity contribution >= 4 is 131 Å². The van der Waals surface area contributed by atoms with E-state index in [-0.39, 0.29) is 145 Å². The van der Waals surface area contributed by atoms with E-state index in [1.54, 1.807) is 231 Å². The van der Waals surface area contributed by atoms with Crippen molar-refractivity contribution < 1.29 is 75.5 Å². The number of aromatic nitrogens is 4. The molecule has 0 radical (unpaired) electrons. The van der Waals surface area contributed by atoms with Crippen LogP contribution in [0.15, 0.2) is 383 Å². The fourth-order valence-electron chi connectivity index (χ4n) is 13.1. The number of rotatable bonds is 33. The molecule has 15 aromatic rings. The molecule has 0 fully saturated rings. The maximum atomic E-state index is 12.9. The molecule has 0 unspecified atom stereocenters. The average Bonchev–Trinajstić information content (AvgIpc) is 0.817. The zero-order valence-corrected chi connectivity index (χ0v) is 82.6. The topological polar surface area (TPSA) is 390 Å². The Balaban J connectivity index is 0.000000216. The van der Waals surface area contributed by atoms with Crippen molar-refractivity contribution in [2.45, 2.75) is 146 Å². The largest absolute Gasteiger partial charge is 0.491 e. The smallest absolute Gasteiger partial charge is 0.262 e. The Morgan fingerprint density at radius 2 is 0.627 bits per heavy atom. The summed E-state index contributed by atoms with van der Waals surface area (Å²) in [6, 6.07) is 85.6. The van der Waals surface area contributed by atoms with E-state index < -0.39 is 50.1 Å². The van der Waals surface area contributed by atoms with E-state index in [4.69, 9.17) is 37.4 Å². The van der Waals surface area contributed by atoms with Gasteiger partial charge in [0.15, 0.2) is 23.1 Å². The minimum absolute atomic E-state index is 0. The first-order valence-electron chi connectivity index (χ1n) is 43.4. The first-order valence-corrected chi connectivity index (χ1v) is 51.5. The van der Waals surface area contributed by atoms with Gasteiger partial charge in [0.1, 0.15) is 22.9 Å². The number of hydrogen-bond donors (Lipinski definition) is 6. The van der Waals surface area contributed by atoms with Crippen LogP contribution in [0.3, 0.4) is 0 Å². The predicted octanol–water partition coefficient (Wildman–Crippen LogP) is 24.6. The van der Waals surface area contributed by atoms with Crippen LogP contribution in [0.1, 0.15) is 178 Å². The van der Waals surface area contributed by atoms with Crippen LogP contribution in [-0.2, 0) is 50.1 Å². The maximum Gasteiger partial charge on any atom is 0.262 e. The van der Waals surface area contributed by atoms with Gasteiger partial charge in [0, 0.05) is 91.6 Å². The number of sulfonamides is 5. The van der Waals surface area contributed by atoms with Crippen LogP contribution >= 0.6 is 23.2 Å². The van der Waals surface area contributed by atoms with Crippen molar-refractivity contribution in [3.05, 3.63) is 425 Å². The summed E-state index contributed by atoms with van der Waals surface area (Å²) < 4.78 is 157. The highest BCUT2D eigenvalue weighted by molar-refractivity contribution is 7.94. The summed E-state index contributed by atoms with van der Waals surface area (Å²) in [4.78, 5) is 67.6. The maximum absolute atomic E-state index is 12.9. The summed E-state index contributed by atoms with van der Waals surface area (Å²) in [5.74, 6) is 1.31. The molecular formula is C108H112Cl2N10O17S5. The number of pyridine rings is 4. The van der Waals surface area contributed by atoms with Crippen molar-refractivity contribution in [3.63, 3.8) is 0 Å². The average molecular weight is 2050 g/mol. The molecule has 0 amide bonds. The number of halogens is 2. The van der Waals surface area contributed by atoms with Gasteiger partial charge in [-0.2, -0.15) is 0 Å². The molecule has 34 heteroatoms. The molecule has 0 saturated carbocycles. The van der Waals surface area contributed by atoms with Crippen LogP contribution in [0.5, 0.6) is 23.0 Å². The monoisotopic (exact) mass is 2050 g/mol. The molecule has 0 bridgehead atoms. The van der Waals surface area contributed by atoms with E-state index in [1.165, 1.54) is 110 Å². The fraction of sp³-hybridized carbons (Fsp3) is 0.167. The molecule has 15 rings (SSSR count). The number of carbonyl (C=O) groups excluding carboxylic acids is 4. The lowest BCUT2D eigenvalue weighted by Crippen LogP contribution is -2.17. The Morgan fingerprint density at radius 3 is 1.00 bits per heavy atom. The van der Waals surface area contributed by atoms with Crippen molar-refractivity contribution in [3.8, 4) is 23.0 Å². The van der Waals surface area contributed by atoms with E-state index in [0.29, 0.717) is 61.4 Å². The standard InChI is InChI=1S/C22H21ClN2O3S.2C21H20N2O4S.C21H20N2O3S.C20H19ClN2O3S.3CH4/c1-15(2)24-18-9-11-19(12-10-18)29(27,28)25-21-13-8-17(23)14-20(21)22(26)16-6-4-3-5-7-16;1-15(2)27-17-10-12-18(13-11-17)28(25,26)23-19-9-6-14-22-20(19)21(24)16-7-4-3-5-8-16;1-15(2)27-17-8-10-18(11-9-17)28(25,26)23-20-14-22-13-12-19(20)21(24)16-6-4-3-5-7-16;1-15(2)16-8-10-18(11-9-16)27(25,26)23-20-14-22-13-12-19(20)21(24)17-6-4-3-5-7-17;1-14(2)15-5-8-18(9-6-15)27(24,25)23-19-10-7-16(21)12-20(19)26-17-4-3-11-22-13-17;;;/h3-15,24-25H,1-2H3;2*3-15,23H,1-2H3;3-15,23H,1-2H3;3-14,23H,1-2H3;3*1H4. The Hall–Kier alpha value is -14.8. The second kappa shape index (κ2) is 51.9. The van der Waals surface area contributed by atoms with Crippen molar-refractivity contribution in [1.29, 1.82) is 0 Å². The lowest BCUT2D eigenvalue weighted by molar-refractivity contribution is 0.102. The molecule has 0 aliphatic heterocycles. The normalized spacial score (nSPS) is 11.1. The van der Waals surface area contributed by atoms with Gasteiger partial charge in [0.05, 0.1) is 83.7 Å². The van der Waals surface area contributed by atoms with Gasteiger partial charge in [0.25, 0.3) is 50.1 Å². The molecule has 27 nitrogen and oxygen atoms in total. The van der Waals surface area contributed by atoms with E-state index in [1.807, 2.05) is 73.6 Å². The molecule has 0 spiro atoms. The molecule has 0 aliphatic rings. The summed E-state index contributed by atoms with van der Waals surface area (Å²) in [7, 11) is -19.3. The van der Waals surface area contributed by atoms with Crippen LogP contribution < -0.4 is 43.1 Å². The first kappa shape index (κ1) is 113. The molecule has 11 aromatic carbocycles. The minimum Gasteiger partial charge on any atom is -0.491 e. The Morgan fingerprint density at radius 1 is 0.296 bits per heavy atom. The molecule has 4 heterocycles. The van der Waals surface area contributed by atoms with Crippen molar-refractivity contribution in [1.82, 2.24) is 19.9 Å². The molecule has 142 heavy (non-hydrogen) atoms. The third-order valence-electron chi connectivity index (χ3n) is 19.9. The van der Waals surface area contributed by atoms with Gasteiger partial charge < -0.3 is 19.5 Å². The quantitative estimate of drug-likeness (QED) is 0.0208. The highest BCUT2D eigenvalue weighted by Crippen LogP contribution is 2.36. The Bertz CT molecular complexity index is 7180. The fourth-order valence-corrected chi connectivity index (χ4v) is 18.7. The van der Waals surface area contributed by atoms with Crippen LogP contribution in [0.25, 0.3) is 0 Å². The SMILES string of the molecule is C.C.C.CC(C)Nc1ccc(S(=O)(=O)Nc2ccc(Cl)cc2C(=O)c2ccccc2)cc1.CC(C)Oc1ccc(S(=O)(=O)Nc2cccnc2C(=O)c2ccccc2)cc1.CC(C)Oc1ccc(S(=O)(=O)Nc2cnccc2C(=O)c2ccccc2)cc1.CC(C)c1ccc(S(=O)(=O)Nc2ccc(Cl)cc2Oc2cccnc2)cc1.CC(C)c1ccc(S(=O)(=O)Nc2cnccc2C(=O)c2ccccc2)cc1. The van der Waals surface area contributed by atoms with Gasteiger partial charge >= 0.3 is 0 Å². The van der Waals surface area contributed by atoms with Crippen LogP contribution in [-0.4, -0.2) is 103 Å². The zero-order chi connectivity index (χ0) is 100. The number of hydrogen-bond acceptors (Lipinski definition) is 22. The summed E-state index contributed by atoms with van der Waals surface area (Å²) in [6.07, 6.45) is 10.2. The van der Waals surface area contributed by atoms with E-state index >= 15 is 0 Å². The number of nitrogens with one attached hydrogen (secondary N) is 6. The number of ketones is 4. The molecule has 0 saturated heterocycles. The predicted molar refractivity (Wildman–Crippen MR) is 564 cm³/mol. The summed E-state index contributed by atoms with van der Waals surface area (Å²) in [6.45, 7) is 19.7. The number of benzene rings is 11. The van der Waals surface area contributed by atoms with E-state index in [2.05, 4.69) is 62.7 Å². The van der Waals surface area contributed by atoms with Gasteiger partial charge in [-0.15, -0.1) is 0 Å². The Kier molecular flexibility index (Phi) is 41.2. The summed E-state index contributed by atoms with van der Waals surface area (Å²) in [5, 5.41) is 3.98. The second-order valence-electron chi connectivity index (χ2n) is 32.2. The Labute approximate surface area is 842 Å². The lowest BCUT2D eigenvalue weighted by Gasteiger charge is -2.14. The van der Waals surface area contributed by atoms with Crippen LogP contribution in [0.4, 0.5) is 34.1 Å². The minimum atomic E-state index is -3.89. The highest BCUT2D eigenvalue weighted by atomic mass is 35.5. The first-order chi connectivity index (χ1) is 66.2. The van der Waals surface area contributed by atoms with Crippen LogP contribution in [0, 0.1) is 0 Å². The van der Waals surface area contributed by atoms with Gasteiger partial charge in [-0.25, -0.2) is 42.1 Å². The highest BCUT2D eigenvalue weighted by Gasteiger charge is 2.27. The molecule has 740 valence electrons. The van der Waals surface area contributed by atoms with Gasteiger partial charge in [0.2, 0.25) is 5.78 Å². The molecular weight excluding hydrogens is 1940 g/mol. The van der Waals surface area contributed by atoms with Crippen LogP contribution in [0.2, 0.25) is 10.0 Å².